The molecule has 1 aromatic heterocycles. The Morgan fingerprint density at radius 1 is 1.41 bits per heavy atom. The van der Waals surface area contributed by atoms with Gasteiger partial charge in [0.25, 0.3) is 0 Å². The van der Waals surface area contributed by atoms with E-state index in [1.165, 1.54) is 0 Å². The van der Waals surface area contributed by atoms with Gasteiger partial charge in [-0.1, -0.05) is 20.8 Å². The van der Waals surface area contributed by atoms with Crippen LogP contribution in [0.1, 0.15) is 52.0 Å². The minimum Gasteiger partial charge on any atom is -0.461 e. The Hall–Kier alpha value is -1.53. The van der Waals surface area contributed by atoms with Crippen LogP contribution >= 0.6 is 23.1 Å². The van der Waals surface area contributed by atoms with E-state index in [4.69, 9.17) is 4.74 Å². The average molecular weight is 406 g/mol. The monoisotopic (exact) mass is 405 g/mol. The Labute approximate surface area is 169 Å². The Morgan fingerprint density at radius 2 is 2.19 bits per heavy atom. The minimum absolute atomic E-state index is 0.0716. The van der Waals surface area contributed by atoms with Crippen molar-refractivity contribution in [2.45, 2.75) is 46.5 Å². The van der Waals surface area contributed by atoms with Gasteiger partial charge in [-0.25, -0.2) is 4.79 Å². The first-order valence-corrected chi connectivity index (χ1v) is 11.4. The third-order valence-electron chi connectivity index (χ3n) is 5.00. The number of hydrogen-bond donors (Lipinski definition) is 1. The molecule has 27 heavy (non-hydrogen) atoms. The van der Waals surface area contributed by atoms with Crippen LogP contribution in [0.15, 0.2) is 39.4 Å². The summed E-state index contributed by atoms with van der Waals surface area (Å²) in [6, 6.07) is 2.01. The number of ether oxygens (including phenoxy) is 1. The molecule has 1 aromatic rings. The number of rotatable bonds is 6. The first-order valence-electron chi connectivity index (χ1n) is 9.35. The molecular formula is C21H27NO3S2. The Bertz CT molecular complexity index is 790. The lowest BCUT2D eigenvalue weighted by Crippen LogP contribution is -2.38. The number of allylic oxidation sites excluding steroid dienone is 3. The number of hydrogen-bond acceptors (Lipinski definition) is 6. The van der Waals surface area contributed by atoms with E-state index in [2.05, 4.69) is 26.1 Å². The molecule has 2 aliphatic rings. The maximum Gasteiger partial charge on any atom is 0.336 e. The van der Waals surface area contributed by atoms with Crippen molar-refractivity contribution in [1.29, 1.82) is 0 Å². The van der Waals surface area contributed by atoms with Crippen LogP contribution in [0.4, 0.5) is 0 Å². The molecule has 0 spiro atoms. The lowest BCUT2D eigenvalue weighted by atomic mass is 9.69. The van der Waals surface area contributed by atoms with Crippen molar-refractivity contribution >= 4 is 34.9 Å². The van der Waals surface area contributed by atoms with Crippen LogP contribution in [-0.4, -0.2) is 29.9 Å². The highest BCUT2D eigenvalue weighted by Gasteiger charge is 2.43. The van der Waals surface area contributed by atoms with E-state index < -0.39 is 0 Å². The van der Waals surface area contributed by atoms with Gasteiger partial charge < -0.3 is 10.1 Å². The van der Waals surface area contributed by atoms with Gasteiger partial charge in [0, 0.05) is 35.1 Å². The molecule has 0 saturated heterocycles. The van der Waals surface area contributed by atoms with Crippen LogP contribution in [0.25, 0.3) is 0 Å². The number of carbonyl (C=O) groups excluding carboxylic acids is 2. The summed E-state index contributed by atoms with van der Waals surface area (Å²) in [6.45, 7) is 8.61. The zero-order valence-corrected chi connectivity index (χ0v) is 18.0. The third kappa shape index (κ3) is 4.32. The SMILES string of the molecule is CCSCCOC(=O)C1=C(C)NC2=C(C(=O)CC(C)(C)C2)[C@@H]1c1ccsc1. The quantitative estimate of drug-likeness (QED) is 0.551. The molecule has 0 aromatic carbocycles. The molecule has 1 aliphatic carbocycles. The van der Waals surface area contributed by atoms with Gasteiger partial charge in [-0.2, -0.15) is 23.1 Å². The van der Waals surface area contributed by atoms with E-state index in [0.29, 0.717) is 18.6 Å². The Morgan fingerprint density at radius 3 is 2.85 bits per heavy atom. The highest BCUT2D eigenvalue weighted by atomic mass is 32.2. The molecule has 3 rings (SSSR count). The minimum atomic E-state index is -0.331. The summed E-state index contributed by atoms with van der Waals surface area (Å²) < 4.78 is 5.55. The van der Waals surface area contributed by atoms with Gasteiger partial charge in [-0.15, -0.1) is 0 Å². The molecule has 2 heterocycles. The molecule has 0 amide bonds. The smallest absolute Gasteiger partial charge is 0.336 e. The van der Waals surface area contributed by atoms with Crippen molar-refractivity contribution in [3.8, 4) is 0 Å². The van der Waals surface area contributed by atoms with Crippen molar-refractivity contribution in [1.82, 2.24) is 5.32 Å². The van der Waals surface area contributed by atoms with Crippen molar-refractivity contribution in [3.05, 3.63) is 44.9 Å². The Kier molecular flexibility index (Phi) is 6.16. The normalized spacial score (nSPS) is 21.8. The number of thioether (sulfide) groups is 1. The predicted octanol–water partition coefficient (Wildman–Crippen LogP) is 4.65. The number of Topliss-reactive ketones (excluding diaryl/α,β-unsaturated/α-hetero) is 1. The van der Waals surface area contributed by atoms with Gasteiger partial charge in [-0.3, -0.25) is 4.79 Å². The standard InChI is InChI=1S/C21H27NO3S2/c1-5-26-9-7-25-20(24)17-13(2)22-15-10-21(3,4)11-16(23)19(15)18(17)14-6-8-27-12-14/h6,8,12,18,22H,5,7,9-11H2,1-4H3/t18-/m1/s1. The number of ketones is 1. The van der Waals surface area contributed by atoms with E-state index in [0.717, 1.165) is 40.5 Å². The molecule has 0 fully saturated rings. The summed E-state index contributed by atoms with van der Waals surface area (Å²) >= 11 is 3.32. The van der Waals surface area contributed by atoms with E-state index in [9.17, 15) is 9.59 Å². The summed E-state index contributed by atoms with van der Waals surface area (Å²) in [5.41, 5.74) is 4.00. The highest BCUT2D eigenvalue weighted by molar-refractivity contribution is 7.99. The van der Waals surface area contributed by atoms with Gasteiger partial charge in [0.2, 0.25) is 0 Å². The van der Waals surface area contributed by atoms with E-state index in [1.54, 1.807) is 23.1 Å². The van der Waals surface area contributed by atoms with Gasteiger partial charge >= 0.3 is 5.97 Å². The first-order chi connectivity index (χ1) is 12.8. The van der Waals surface area contributed by atoms with Gasteiger partial charge in [0.1, 0.15) is 6.61 Å². The zero-order valence-electron chi connectivity index (χ0n) is 16.4. The molecular weight excluding hydrogens is 378 g/mol. The second-order valence-corrected chi connectivity index (χ2v) is 9.99. The third-order valence-corrected chi connectivity index (χ3v) is 6.57. The molecule has 1 N–H and O–H groups in total. The maximum atomic E-state index is 13.1. The molecule has 146 valence electrons. The van der Waals surface area contributed by atoms with E-state index in [1.807, 2.05) is 23.8 Å². The molecule has 0 unspecified atom stereocenters. The zero-order chi connectivity index (χ0) is 19.6. The fraction of sp³-hybridized carbons (Fsp3) is 0.524. The molecule has 0 bridgehead atoms. The van der Waals surface area contributed by atoms with Gasteiger partial charge in [0.15, 0.2) is 5.78 Å². The van der Waals surface area contributed by atoms with E-state index >= 15 is 0 Å². The van der Waals surface area contributed by atoms with Gasteiger partial charge in [-0.05, 0) is 46.9 Å². The first kappa shape index (κ1) is 20.2. The molecule has 4 nitrogen and oxygen atoms in total. The largest absolute Gasteiger partial charge is 0.461 e. The van der Waals surface area contributed by atoms with Crippen molar-refractivity contribution < 1.29 is 14.3 Å². The fourth-order valence-electron chi connectivity index (χ4n) is 3.89. The second-order valence-electron chi connectivity index (χ2n) is 7.82. The van der Waals surface area contributed by atoms with Crippen LogP contribution in [0.5, 0.6) is 0 Å². The van der Waals surface area contributed by atoms with Crippen LogP contribution in [-0.2, 0) is 14.3 Å². The van der Waals surface area contributed by atoms with E-state index in [-0.39, 0.29) is 23.1 Å². The fourth-order valence-corrected chi connectivity index (χ4v) is 5.07. The summed E-state index contributed by atoms with van der Waals surface area (Å²) in [6.07, 6.45) is 1.31. The number of carbonyl (C=O) groups is 2. The lowest BCUT2D eigenvalue weighted by molar-refractivity contribution is -0.138. The Balaban J connectivity index is 1.96. The molecule has 0 saturated carbocycles. The topological polar surface area (TPSA) is 55.4 Å². The molecule has 1 atom stereocenters. The number of thiophene rings is 1. The summed E-state index contributed by atoms with van der Waals surface area (Å²) in [5.74, 6) is 1.26. The number of dihydropyridines is 1. The second kappa shape index (κ2) is 8.23. The predicted molar refractivity (Wildman–Crippen MR) is 112 cm³/mol. The lowest BCUT2D eigenvalue weighted by Gasteiger charge is -2.39. The summed E-state index contributed by atoms with van der Waals surface area (Å²) in [4.78, 5) is 26.0. The molecule has 6 heteroatoms. The average Bonchev–Trinajstić information content (AvgIpc) is 3.10. The number of nitrogens with one attached hydrogen (secondary N) is 1. The maximum absolute atomic E-state index is 13.1. The summed E-state index contributed by atoms with van der Waals surface area (Å²) in [5, 5.41) is 7.38. The molecule has 0 radical (unpaired) electrons. The van der Waals surface area contributed by atoms with Crippen molar-refractivity contribution in [3.63, 3.8) is 0 Å². The van der Waals surface area contributed by atoms with Crippen LogP contribution < -0.4 is 5.32 Å². The summed E-state index contributed by atoms with van der Waals surface area (Å²) in [7, 11) is 0. The van der Waals surface area contributed by atoms with Gasteiger partial charge in [0.05, 0.1) is 5.57 Å². The van der Waals surface area contributed by atoms with Crippen LogP contribution in [0.2, 0.25) is 0 Å². The highest BCUT2D eigenvalue weighted by Crippen LogP contribution is 2.47. The van der Waals surface area contributed by atoms with Crippen molar-refractivity contribution in [2.24, 2.45) is 5.41 Å². The van der Waals surface area contributed by atoms with Crippen LogP contribution in [0.3, 0.4) is 0 Å². The number of esters is 1. The van der Waals surface area contributed by atoms with Crippen molar-refractivity contribution in [2.75, 3.05) is 18.1 Å². The molecule has 1 aliphatic heterocycles. The van der Waals surface area contributed by atoms with Crippen LogP contribution in [0, 0.1) is 5.41 Å².